The molecule has 4 nitrogen and oxygen atoms in total. The summed E-state index contributed by atoms with van der Waals surface area (Å²) in [6.45, 7) is 5.51. The molecule has 0 atom stereocenters. The molecule has 0 saturated carbocycles. The highest BCUT2D eigenvalue weighted by Crippen LogP contribution is 2.21. The number of furan rings is 1. The van der Waals surface area contributed by atoms with E-state index in [0.29, 0.717) is 11.3 Å². The number of rotatable bonds is 2. The SMILES string of the molecule is Cc1oc(C)c(C(=O)N(C)CC#N)c1C. The number of nitrogens with zero attached hydrogens (tertiary/aromatic N) is 2. The zero-order chi connectivity index (χ0) is 11.6. The van der Waals surface area contributed by atoms with Gasteiger partial charge in [0.25, 0.3) is 5.91 Å². The third kappa shape index (κ3) is 2.01. The van der Waals surface area contributed by atoms with E-state index in [9.17, 15) is 4.79 Å². The van der Waals surface area contributed by atoms with E-state index in [4.69, 9.17) is 9.68 Å². The van der Waals surface area contributed by atoms with E-state index in [1.165, 1.54) is 4.90 Å². The first-order valence-corrected chi connectivity index (χ1v) is 4.68. The van der Waals surface area contributed by atoms with Crippen LogP contribution in [0.5, 0.6) is 0 Å². The Labute approximate surface area is 89.1 Å². The zero-order valence-electron chi connectivity index (χ0n) is 9.42. The van der Waals surface area contributed by atoms with Gasteiger partial charge in [-0.05, 0) is 20.8 Å². The first-order valence-electron chi connectivity index (χ1n) is 4.68. The summed E-state index contributed by atoms with van der Waals surface area (Å²) in [5.74, 6) is 1.20. The van der Waals surface area contributed by atoms with E-state index in [-0.39, 0.29) is 12.5 Å². The normalized spacial score (nSPS) is 9.80. The van der Waals surface area contributed by atoms with Crippen LogP contribution in [0, 0.1) is 32.1 Å². The largest absolute Gasteiger partial charge is 0.466 e. The Bertz CT molecular complexity index is 427. The molecule has 0 aromatic carbocycles. The minimum atomic E-state index is -0.164. The minimum absolute atomic E-state index is 0.0853. The van der Waals surface area contributed by atoms with E-state index in [2.05, 4.69) is 0 Å². The number of nitriles is 1. The molecule has 1 amide bonds. The molecule has 0 N–H and O–H groups in total. The summed E-state index contributed by atoms with van der Waals surface area (Å²) in [6.07, 6.45) is 0. The summed E-state index contributed by atoms with van der Waals surface area (Å²) in [4.78, 5) is 13.3. The molecule has 1 heterocycles. The molecule has 0 bridgehead atoms. The van der Waals surface area contributed by atoms with Crippen LogP contribution in [0.3, 0.4) is 0 Å². The van der Waals surface area contributed by atoms with Crippen LogP contribution in [0.4, 0.5) is 0 Å². The van der Waals surface area contributed by atoms with Gasteiger partial charge < -0.3 is 9.32 Å². The van der Waals surface area contributed by atoms with Gasteiger partial charge in [-0.25, -0.2) is 0 Å². The van der Waals surface area contributed by atoms with Crippen LogP contribution in [0.15, 0.2) is 4.42 Å². The highest BCUT2D eigenvalue weighted by molar-refractivity contribution is 5.96. The average molecular weight is 206 g/mol. The second-order valence-electron chi connectivity index (χ2n) is 3.53. The van der Waals surface area contributed by atoms with Gasteiger partial charge in [0.05, 0.1) is 11.6 Å². The van der Waals surface area contributed by atoms with Gasteiger partial charge >= 0.3 is 0 Å². The second kappa shape index (κ2) is 4.18. The molecular formula is C11H14N2O2. The van der Waals surface area contributed by atoms with Gasteiger partial charge in [-0.15, -0.1) is 0 Å². The number of carbonyl (C=O) groups excluding carboxylic acids is 1. The molecule has 0 unspecified atom stereocenters. The summed E-state index contributed by atoms with van der Waals surface area (Å²) >= 11 is 0. The van der Waals surface area contributed by atoms with Crippen molar-refractivity contribution >= 4 is 5.91 Å². The van der Waals surface area contributed by atoms with Crippen molar-refractivity contribution in [3.05, 3.63) is 22.6 Å². The van der Waals surface area contributed by atoms with E-state index < -0.39 is 0 Å². The molecule has 0 aliphatic rings. The third-order valence-corrected chi connectivity index (χ3v) is 2.43. The highest BCUT2D eigenvalue weighted by Gasteiger charge is 2.21. The van der Waals surface area contributed by atoms with Crippen molar-refractivity contribution in [3.8, 4) is 6.07 Å². The highest BCUT2D eigenvalue weighted by atomic mass is 16.3. The van der Waals surface area contributed by atoms with Crippen LogP contribution < -0.4 is 0 Å². The van der Waals surface area contributed by atoms with Gasteiger partial charge in [0.2, 0.25) is 0 Å². The predicted octanol–water partition coefficient (Wildman–Crippen LogP) is 1.80. The van der Waals surface area contributed by atoms with Gasteiger partial charge in [-0.3, -0.25) is 4.79 Å². The van der Waals surface area contributed by atoms with Gasteiger partial charge in [-0.1, -0.05) is 0 Å². The Kier molecular flexibility index (Phi) is 3.15. The molecule has 4 heteroatoms. The van der Waals surface area contributed by atoms with Crippen molar-refractivity contribution in [3.63, 3.8) is 0 Å². The summed E-state index contributed by atoms with van der Waals surface area (Å²) < 4.78 is 5.36. The van der Waals surface area contributed by atoms with Crippen molar-refractivity contribution in [2.45, 2.75) is 20.8 Å². The Morgan fingerprint density at radius 1 is 1.40 bits per heavy atom. The maximum atomic E-state index is 11.9. The van der Waals surface area contributed by atoms with Crippen molar-refractivity contribution in [2.75, 3.05) is 13.6 Å². The molecule has 0 aliphatic heterocycles. The topological polar surface area (TPSA) is 57.2 Å². The van der Waals surface area contributed by atoms with Crippen LogP contribution in [0.2, 0.25) is 0 Å². The van der Waals surface area contributed by atoms with Crippen LogP contribution in [0.1, 0.15) is 27.4 Å². The Balaban J connectivity index is 3.07. The predicted molar refractivity (Wildman–Crippen MR) is 55.5 cm³/mol. The van der Waals surface area contributed by atoms with E-state index in [1.807, 2.05) is 19.9 Å². The van der Waals surface area contributed by atoms with Crippen LogP contribution in [-0.4, -0.2) is 24.4 Å². The summed E-state index contributed by atoms with van der Waals surface area (Å²) in [5, 5.41) is 8.51. The Hall–Kier alpha value is -1.76. The fraction of sp³-hybridized carbons (Fsp3) is 0.455. The molecule has 0 saturated heterocycles. The number of aryl methyl sites for hydroxylation is 2. The Morgan fingerprint density at radius 2 is 2.00 bits per heavy atom. The van der Waals surface area contributed by atoms with Crippen LogP contribution >= 0.6 is 0 Å². The average Bonchev–Trinajstić information content (AvgIpc) is 2.41. The van der Waals surface area contributed by atoms with Crippen molar-refractivity contribution < 1.29 is 9.21 Å². The molecule has 15 heavy (non-hydrogen) atoms. The summed E-state index contributed by atoms with van der Waals surface area (Å²) in [6, 6.07) is 1.94. The van der Waals surface area contributed by atoms with E-state index in [0.717, 1.165) is 11.3 Å². The molecule has 0 radical (unpaired) electrons. The molecule has 80 valence electrons. The van der Waals surface area contributed by atoms with E-state index in [1.54, 1.807) is 14.0 Å². The number of amides is 1. The molecular weight excluding hydrogens is 192 g/mol. The van der Waals surface area contributed by atoms with Crippen LogP contribution in [0.25, 0.3) is 0 Å². The molecule has 1 aromatic heterocycles. The van der Waals surface area contributed by atoms with Crippen molar-refractivity contribution in [2.24, 2.45) is 0 Å². The first kappa shape index (κ1) is 11.3. The molecule has 0 aliphatic carbocycles. The lowest BCUT2D eigenvalue weighted by Crippen LogP contribution is -2.27. The van der Waals surface area contributed by atoms with Crippen LogP contribution in [-0.2, 0) is 0 Å². The minimum Gasteiger partial charge on any atom is -0.466 e. The number of hydrogen-bond acceptors (Lipinski definition) is 3. The summed E-state index contributed by atoms with van der Waals surface area (Å²) in [5.41, 5.74) is 1.42. The quantitative estimate of drug-likeness (QED) is 0.693. The van der Waals surface area contributed by atoms with Gasteiger partial charge in [0.15, 0.2) is 0 Å². The summed E-state index contributed by atoms with van der Waals surface area (Å²) in [7, 11) is 1.60. The number of carbonyl (C=O) groups is 1. The molecule has 1 aromatic rings. The van der Waals surface area contributed by atoms with Crippen molar-refractivity contribution in [1.29, 1.82) is 5.26 Å². The molecule has 0 fully saturated rings. The van der Waals surface area contributed by atoms with Crippen molar-refractivity contribution in [1.82, 2.24) is 4.90 Å². The molecule has 1 rings (SSSR count). The maximum Gasteiger partial charge on any atom is 0.258 e. The first-order chi connectivity index (χ1) is 6.99. The monoisotopic (exact) mass is 206 g/mol. The number of hydrogen-bond donors (Lipinski definition) is 0. The van der Waals surface area contributed by atoms with Gasteiger partial charge in [0.1, 0.15) is 18.1 Å². The standard InChI is InChI=1S/C11H14N2O2/c1-7-8(2)15-9(3)10(7)11(14)13(4)6-5-12/h6H2,1-4H3. The lowest BCUT2D eigenvalue weighted by atomic mass is 10.1. The fourth-order valence-corrected chi connectivity index (χ4v) is 1.48. The lowest BCUT2D eigenvalue weighted by Gasteiger charge is -2.12. The smallest absolute Gasteiger partial charge is 0.258 e. The second-order valence-corrected chi connectivity index (χ2v) is 3.53. The van der Waals surface area contributed by atoms with E-state index >= 15 is 0 Å². The maximum absolute atomic E-state index is 11.9. The zero-order valence-corrected chi connectivity index (χ0v) is 9.42. The third-order valence-electron chi connectivity index (χ3n) is 2.43. The fourth-order valence-electron chi connectivity index (χ4n) is 1.48. The van der Waals surface area contributed by atoms with Gasteiger partial charge in [-0.2, -0.15) is 5.26 Å². The van der Waals surface area contributed by atoms with Gasteiger partial charge in [0, 0.05) is 12.6 Å². The lowest BCUT2D eigenvalue weighted by molar-refractivity contribution is 0.0809. The Morgan fingerprint density at radius 3 is 2.40 bits per heavy atom. The molecule has 0 spiro atoms.